The van der Waals surface area contributed by atoms with Crippen LogP contribution in [0.1, 0.15) is 38.2 Å². The van der Waals surface area contributed by atoms with Crippen molar-refractivity contribution in [3.63, 3.8) is 0 Å². The first-order valence-electron chi connectivity index (χ1n) is 7.70. The van der Waals surface area contributed by atoms with Crippen LogP contribution in [0.25, 0.3) is 0 Å². The van der Waals surface area contributed by atoms with Crippen LogP contribution in [0.3, 0.4) is 0 Å². The molecule has 1 aromatic carbocycles. The lowest BCUT2D eigenvalue weighted by atomic mass is 9.83. The van der Waals surface area contributed by atoms with Crippen molar-refractivity contribution in [3.05, 3.63) is 23.8 Å². The van der Waals surface area contributed by atoms with Crippen molar-refractivity contribution in [2.75, 3.05) is 18.9 Å². The number of benzene rings is 1. The Hall–Kier alpha value is -1.07. The van der Waals surface area contributed by atoms with Crippen molar-refractivity contribution >= 4 is 15.7 Å². The van der Waals surface area contributed by atoms with Crippen LogP contribution < -0.4 is 10.0 Å². The second kappa shape index (κ2) is 6.79. The van der Waals surface area contributed by atoms with Gasteiger partial charge in [-0.1, -0.05) is 25.8 Å². The lowest BCUT2D eigenvalue weighted by Crippen LogP contribution is -2.21. The van der Waals surface area contributed by atoms with Gasteiger partial charge in [0.15, 0.2) is 0 Å². The molecule has 1 aliphatic rings. The topological polar surface area (TPSA) is 58.2 Å². The van der Waals surface area contributed by atoms with E-state index < -0.39 is 10.0 Å². The summed E-state index contributed by atoms with van der Waals surface area (Å²) in [5.41, 5.74) is 2.00. The van der Waals surface area contributed by atoms with Gasteiger partial charge in [-0.05, 0) is 56.3 Å². The first kappa shape index (κ1) is 16.3. The molecule has 118 valence electrons. The molecule has 2 N–H and O–H groups in total. The van der Waals surface area contributed by atoms with Crippen molar-refractivity contribution in [2.45, 2.75) is 44.4 Å². The van der Waals surface area contributed by atoms with Crippen LogP contribution in [0.15, 0.2) is 23.1 Å². The van der Waals surface area contributed by atoms with E-state index in [1.54, 1.807) is 12.1 Å². The lowest BCUT2D eigenvalue weighted by Gasteiger charge is -2.27. The van der Waals surface area contributed by atoms with E-state index in [-0.39, 0.29) is 0 Å². The molecule has 0 bridgehead atoms. The van der Waals surface area contributed by atoms with Crippen molar-refractivity contribution < 1.29 is 8.42 Å². The first-order valence-corrected chi connectivity index (χ1v) is 9.18. The van der Waals surface area contributed by atoms with Crippen molar-refractivity contribution in [1.29, 1.82) is 0 Å². The number of aryl methyl sites for hydroxylation is 1. The zero-order chi connectivity index (χ0) is 15.5. The smallest absolute Gasteiger partial charge is 0.240 e. The van der Waals surface area contributed by atoms with Crippen LogP contribution in [0.2, 0.25) is 0 Å². The maximum Gasteiger partial charge on any atom is 0.240 e. The maximum absolute atomic E-state index is 11.9. The molecule has 0 aliphatic heterocycles. The summed E-state index contributed by atoms with van der Waals surface area (Å²) in [6, 6.07) is 5.23. The summed E-state index contributed by atoms with van der Waals surface area (Å²) in [5, 5.41) is 3.44. The summed E-state index contributed by atoms with van der Waals surface area (Å²) < 4.78 is 26.1. The molecule has 0 heterocycles. The Morgan fingerprint density at radius 3 is 2.48 bits per heavy atom. The second-order valence-electron chi connectivity index (χ2n) is 6.19. The molecule has 1 aromatic rings. The largest absolute Gasteiger partial charge is 0.385 e. The first-order chi connectivity index (χ1) is 9.92. The van der Waals surface area contributed by atoms with Crippen LogP contribution in [-0.2, 0) is 10.0 Å². The highest BCUT2D eigenvalue weighted by molar-refractivity contribution is 7.89. The fraction of sp³-hybridized carbons (Fsp3) is 0.625. The third-order valence-electron chi connectivity index (χ3n) is 4.50. The van der Waals surface area contributed by atoms with Gasteiger partial charge < -0.3 is 5.32 Å². The highest BCUT2D eigenvalue weighted by atomic mass is 32.2. The summed E-state index contributed by atoms with van der Waals surface area (Å²) in [6.07, 6.45) is 5.14. The molecule has 0 saturated heterocycles. The van der Waals surface area contributed by atoms with Crippen molar-refractivity contribution in [1.82, 2.24) is 4.72 Å². The predicted molar refractivity (Wildman–Crippen MR) is 87.0 cm³/mol. The fourth-order valence-electron chi connectivity index (χ4n) is 2.86. The third-order valence-corrected chi connectivity index (χ3v) is 5.92. The Balaban J connectivity index is 2.04. The van der Waals surface area contributed by atoms with Gasteiger partial charge in [0.2, 0.25) is 10.0 Å². The fourth-order valence-corrected chi connectivity index (χ4v) is 3.62. The normalized spacial score (nSPS) is 23.0. The van der Waals surface area contributed by atoms with Gasteiger partial charge in [0, 0.05) is 12.2 Å². The summed E-state index contributed by atoms with van der Waals surface area (Å²) in [7, 11) is -1.94. The average molecular weight is 310 g/mol. The van der Waals surface area contributed by atoms with Crippen LogP contribution in [-0.4, -0.2) is 22.0 Å². The van der Waals surface area contributed by atoms with E-state index in [0.717, 1.165) is 23.7 Å². The Morgan fingerprint density at radius 1 is 1.19 bits per heavy atom. The van der Waals surface area contributed by atoms with E-state index in [1.807, 2.05) is 13.0 Å². The number of sulfonamides is 1. The van der Waals surface area contributed by atoms with E-state index in [9.17, 15) is 8.42 Å². The van der Waals surface area contributed by atoms with Gasteiger partial charge in [-0.2, -0.15) is 0 Å². The van der Waals surface area contributed by atoms with E-state index in [0.29, 0.717) is 10.8 Å². The van der Waals surface area contributed by atoms with Gasteiger partial charge in [-0.15, -0.1) is 0 Å². The Labute approximate surface area is 128 Å². The van der Waals surface area contributed by atoms with Crippen LogP contribution in [0.5, 0.6) is 0 Å². The zero-order valence-electron chi connectivity index (χ0n) is 13.1. The van der Waals surface area contributed by atoms with E-state index in [2.05, 4.69) is 17.0 Å². The molecule has 4 nitrogen and oxygen atoms in total. The van der Waals surface area contributed by atoms with Crippen LogP contribution in [0, 0.1) is 18.8 Å². The highest BCUT2D eigenvalue weighted by Gasteiger charge is 2.18. The molecule has 2 rings (SSSR count). The van der Waals surface area contributed by atoms with Gasteiger partial charge >= 0.3 is 0 Å². The average Bonchev–Trinajstić information content (AvgIpc) is 2.48. The van der Waals surface area contributed by atoms with Gasteiger partial charge in [-0.3, -0.25) is 0 Å². The number of hydrogen-bond acceptors (Lipinski definition) is 3. The predicted octanol–water partition coefficient (Wildman–Crippen LogP) is 3.14. The van der Waals surface area contributed by atoms with E-state index >= 15 is 0 Å². The molecule has 1 saturated carbocycles. The molecule has 21 heavy (non-hydrogen) atoms. The number of nitrogens with one attached hydrogen (secondary N) is 2. The number of rotatable bonds is 5. The molecule has 0 spiro atoms. The molecule has 1 aliphatic carbocycles. The Morgan fingerprint density at radius 2 is 1.86 bits per heavy atom. The van der Waals surface area contributed by atoms with Gasteiger partial charge in [-0.25, -0.2) is 13.1 Å². The van der Waals surface area contributed by atoms with Crippen LogP contribution in [0.4, 0.5) is 5.69 Å². The molecule has 0 aromatic heterocycles. The van der Waals surface area contributed by atoms with Gasteiger partial charge in [0.05, 0.1) is 4.90 Å². The molecular weight excluding hydrogens is 284 g/mol. The monoisotopic (exact) mass is 310 g/mol. The lowest BCUT2D eigenvalue weighted by molar-refractivity contribution is 0.300. The van der Waals surface area contributed by atoms with Gasteiger partial charge in [0.1, 0.15) is 0 Å². The Kier molecular flexibility index (Phi) is 5.27. The van der Waals surface area contributed by atoms with E-state index in [1.165, 1.54) is 32.7 Å². The maximum atomic E-state index is 11.9. The summed E-state index contributed by atoms with van der Waals surface area (Å²) in [5.74, 6) is 1.55. The minimum absolute atomic E-state index is 0.315. The molecule has 0 unspecified atom stereocenters. The molecule has 5 heteroatoms. The zero-order valence-corrected chi connectivity index (χ0v) is 14.0. The number of anilines is 1. The molecule has 0 amide bonds. The Bertz CT molecular complexity index is 576. The van der Waals surface area contributed by atoms with Gasteiger partial charge in [0.25, 0.3) is 0 Å². The molecular formula is C16H26N2O2S. The second-order valence-corrected chi connectivity index (χ2v) is 8.08. The van der Waals surface area contributed by atoms with Crippen molar-refractivity contribution in [3.8, 4) is 0 Å². The molecule has 0 atom stereocenters. The number of hydrogen-bond donors (Lipinski definition) is 2. The molecule has 0 radical (unpaired) electrons. The van der Waals surface area contributed by atoms with Crippen molar-refractivity contribution in [2.24, 2.45) is 11.8 Å². The third kappa shape index (κ3) is 4.20. The SMILES string of the molecule is CNS(=O)(=O)c1ccc(C)c(NCC2CCC(C)CC2)c1. The summed E-state index contributed by atoms with van der Waals surface area (Å²) >= 11 is 0. The van der Waals surface area contributed by atoms with Crippen LogP contribution >= 0.6 is 0 Å². The minimum atomic E-state index is -3.38. The minimum Gasteiger partial charge on any atom is -0.385 e. The summed E-state index contributed by atoms with van der Waals surface area (Å²) in [4.78, 5) is 0.315. The quantitative estimate of drug-likeness (QED) is 0.878. The standard InChI is InChI=1S/C16H26N2O2S/c1-12-4-7-14(8-5-12)11-18-16-10-15(9-6-13(16)2)21(19,20)17-3/h6,9-10,12,14,17-18H,4-5,7-8,11H2,1-3H3. The van der Waals surface area contributed by atoms with E-state index in [4.69, 9.17) is 0 Å². The summed E-state index contributed by atoms with van der Waals surface area (Å²) in [6.45, 7) is 5.25. The molecule has 1 fully saturated rings. The highest BCUT2D eigenvalue weighted by Crippen LogP contribution is 2.29.